The van der Waals surface area contributed by atoms with Crippen LogP contribution in [-0.2, 0) is 0 Å². The number of hydrogen-bond acceptors (Lipinski definition) is 3. The van der Waals surface area contributed by atoms with Crippen LogP contribution in [-0.4, -0.2) is 9.13 Å². The molecule has 4 nitrogen and oxygen atoms in total. The van der Waals surface area contributed by atoms with Gasteiger partial charge in [-0.05, 0) is 66.7 Å². The zero-order valence-electron chi connectivity index (χ0n) is 22.7. The Kier molecular flexibility index (Phi) is 4.87. The Hall–Kier alpha value is -5.88. The van der Waals surface area contributed by atoms with Crippen LogP contribution in [0.5, 0.6) is 0 Å². The molecule has 5 heteroatoms. The van der Waals surface area contributed by atoms with Crippen molar-refractivity contribution >= 4 is 75.1 Å². The Morgan fingerprint density at radius 3 is 1.93 bits per heavy atom. The molecule has 0 amide bonds. The molecule has 0 aliphatic carbocycles. The molecule has 0 bridgehead atoms. The summed E-state index contributed by atoms with van der Waals surface area (Å²) in [6.07, 6.45) is 0. The normalized spacial score (nSPS) is 11.7. The van der Waals surface area contributed by atoms with Gasteiger partial charge in [0.1, 0.15) is 0 Å². The van der Waals surface area contributed by atoms with E-state index in [-0.39, 0.29) is 0 Å². The molecule has 0 saturated carbocycles. The largest absolute Gasteiger partial charge is 0.309 e. The highest BCUT2D eigenvalue weighted by Gasteiger charge is 2.19. The lowest BCUT2D eigenvalue weighted by Gasteiger charge is -2.11. The SMILES string of the molecule is N#Cc1ccc2sc3c(-n4c5ccccc5c5cc(-n6c7ccccc7c7ccc(C#N)cc76)ccc54)cccc3c2c1. The molecule has 0 spiro atoms. The Balaban J connectivity index is 1.36. The van der Waals surface area contributed by atoms with Gasteiger partial charge in [-0.2, -0.15) is 10.5 Å². The van der Waals surface area contributed by atoms with Crippen molar-refractivity contribution in [3.63, 3.8) is 0 Å². The van der Waals surface area contributed by atoms with Crippen molar-refractivity contribution in [3.8, 4) is 23.5 Å². The molecular formula is C38H20N4S. The second kappa shape index (κ2) is 8.81. The van der Waals surface area contributed by atoms with Gasteiger partial charge in [-0.15, -0.1) is 11.3 Å². The minimum absolute atomic E-state index is 0.646. The number of benzene rings is 6. The van der Waals surface area contributed by atoms with Crippen LogP contribution in [0, 0.1) is 22.7 Å². The first-order valence-electron chi connectivity index (χ1n) is 14.1. The minimum Gasteiger partial charge on any atom is -0.309 e. The van der Waals surface area contributed by atoms with E-state index >= 15 is 0 Å². The van der Waals surface area contributed by atoms with Gasteiger partial charge in [0.2, 0.25) is 0 Å². The van der Waals surface area contributed by atoms with Crippen molar-refractivity contribution in [1.82, 2.24) is 9.13 Å². The number of thiophene rings is 1. The first-order chi connectivity index (χ1) is 21.2. The lowest BCUT2D eigenvalue weighted by molar-refractivity contribution is 1.17. The van der Waals surface area contributed by atoms with Gasteiger partial charge in [-0.1, -0.05) is 54.6 Å². The highest BCUT2D eigenvalue weighted by Crippen LogP contribution is 2.42. The summed E-state index contributed by atoms with van der Waals surface area (Å²) in [5.74, 6) is 0. The van der Waals surface area contributed by atoms with E-state index in [1.807, 2.05) is 24.3 Å². The Labute approximate surface area is 250 Å². The molecule has 3 heterocycles. The second-order valence-corrected chi connectivity index (χ2v) is 11.9. The van der Waals surface area contributed by atoms with E-state index < -0.39 is 0 Å². The monoisotopic (exact) mass is 564 g/mol. The minimum atomic E-state index is 0.646. The number of nitriles is 2. The number of para-hydroxylation sites is 2. The molecule has 0 radical (unpaired) electrons. The standard InChI is InChI=1S/C38H20N4S/c39-21-23-13-17-37-31(18-23)29-8-5-11-35(38(29)43-37)42-33-10-4-2-7-27(33)30-20-25(14-16-34(30)42)41-32-9-3-1-6-26(32)28-15-12-24(22-40)19-36(28)41/h1-20H. The average molecular weight is 565 g/mol. The second-order valence-electron chi connectivity index (χ2n) is 10.8. The molecule has 6 aromatic carbocycles. The Morgan fingerprint density at radius 2 is 1.12 bits per heavy atom. The first kappa shape index (κ1) is 23.8. The zero-order chi connectivity index (χ0) is 28.7. The lowest BCUT2D eigenvalue weighted by Crippen LogP contribution is -1.96. The van der Waals surface area contributed by atoms with Crippen molar-refractivity contribution in [3.05, 3.63) is 132 Å². The summed E-state index contributed by atoms with van der Waals surface area (Å²) >= 11 is 1.77. The third-order valence-electron chi connectivity index (χ3n) is 8.56. The van der Waals surface area contributed by atoms with Gasteiger partial charge < -0.3 is 9.13 Å². The fourth-order valence-electron chi connectivity index (χ4n) is 6.71. The third kappa shape index (κ3) is 3.29. The van der Waals surface area contributed by atoms with Gasteiger partial charge in [0, 0.05) is 42.7 Å². The van der Waals surface area contributed by atoms with Crippen LogP contribution in [0.15, 0.2) is 121 Å². The van der Waals surface area contributed by atoms with Crippen molar-refractivity contribution in [1.29, 1.82) is 10.5 Å². The maximum atomic E-state index is 9.68. The topological polar surface area (TPSA) is 57.4 Å². The molecule has 0 N–H and O–H groups in total. The summed E-state index contributed by atoms with van der Waals surface area (Å²) in [5, 5.41) is 26.1. The first-order valence-corrected chi connectivity index (χ1v) is 14.9. The number of hydrogen-bond donors (Lipinski definition) is 0. The van der Waals surface area contributed by atoms with E-state index in [0.717, 1.165) is 49.6 Å². The fourth-order valence-corrected chi connectivity index (χ4v) is 7.89. The van der Waals surface area contributed by atoms with Crippen LogP contribution in [0.2, 0.25) is 0 Å². The van der Waals surface area contributed by atoms with Crippen LogP contribution in [0.1, 0.15) is 11.1 Å². The van der Waals surface area contributed by atoms with Crippen molar-refractivity contribution in [2.75, 3.05) is 0 Å². The van der Waals surface area contributed by atoms with Crippen LogP contribution in [0.4, 0.5) is 0 Å². The molecule has 3 aromatic heterocycles. The van der Waals surface area contributed by atoms with Crippen molar-refractivity contribution in [2.24, 2.45) is 0 Å². The van der Waals surface area contributed by atoms with Crippen molar-refractivity contribution < 1.29 is 0 Å². The van der Waals surface area contributed by atoms with Gasteiger partial charge >= 0.3 is 0 Å². The van der Waals surface area contributed by atoms with E-state index in [1.54, 1.807) is 11.3 Å². The number of aromatic nitrogens is 2. The highest BCUT2D eigenvalue weighted by atomic mass is 32.1. The van der Waals surface area contributed by atoms with E-state index in [0.29, 0.717) is 11.1 Å². The van der Waals surface area contributed by atoms with Gasteiger partial charge in [-0.3, -0.25) is 0 Å². The molecule has 0 saturated heterocycles. The van der Waals surface area contributed by atoms with Gasteiger partial charge in [0.05, 0.1) is 55.7 Å². The van der Waals surface area contributed by atoms with Crippen molar-refractivity contribution in [2.45, 2.75) is 0 Å². The summed E-state index contributed by atoms with van der Waals surface area (Å²) in [7, 11) is 0. The van der Waals surface area contributed by atoms with E-state index in [2.05, 4.69) is 118 Å². The predicted octanol–water partition coefficient (Wildman–Crippen LogP) is 9.99. The summed E-state index contributed by atoms with van der Waals surface area (Å²) in [4.78, 5) is 0. The van der Waals surface area contributed by atoms with Crippen LogP contribution >= 0.6 is 11.3 Å². The summed E-state index contributed by atoms with van der Waals surface area (Å²) < 4.78 is 7.02. The maximum absolute atomic E-state index is 9.68. The maximum Gasteiger partial charge on any atom is 0.0992 e. The van der Waals surface area contributed by atoms with Gasteiger partial charge in [-0.25, -0.2) is 0 Å². The summed E-state index contributed by atoms with van der Waals surface area (Å²) in [6.45, 7) is 0. The molecule has 0 aliphatic heterocycles. The van der Waals surface area contributed by atoms with E-state index in [9.17, 15) is 10.5 Å². The molecule has 9 rings (SSSR count). The Morgan fingerprint density at radius 1 is 0.465 bits per heavy atom. The summed E-state index contributed by atoms with van der Waals surface area (Å²) in [6, 6.07) is 46.7. The molecule has 0 fully saturated rings. The van der Waals surface area contributed by atoms with E-state index in [1.165, 1.54) is 25.6 Å². The zero-order valence-corrected chi connectivity index (χ0v) is 23.6. The molecule has 9 aromatic rings. The quantitative estimate of drug-likeness (QED) is 0.210. The van der Waals surface area contributed by atoms with Gasteiger partial charge in [0.25, 0.3) is 0 Å². The third-order valence-corrected chi connectivity index (χ3v) is 9.77. The highest BCUT2D eigenvalue weighted by molar-refractivity contribution is 7.26. The molecule has 43 heavy (non-hydrogen) atoms. The van der Waals surface area contributed by atoms with Crippen LogP contribution in [0.3, 0.4) is 0 Å². The average Bonchev–Trinajstić information content (AvgIpc) is 3.71. The van der Waals surface area contributed by atoms with Crippen LogP contribution < -0.4 is 0 Å². The lowest BCUT2D eigenvalue weighted by atomic mass is 10.1. The predicted molar refractivity (Wildman–Crippen MR) is 177 cm³/mol. The fraction of sp³-hybridized carbons (Fsp3) is 0. The van der Waals surface area contributed by atoms with Gasteiger partial charge in [0.15, 0.2) is 0 Å². The number of rotatable bonds is 2. The molecule has 0 aliphatic rings. The molecular weight excluding hydrogens is 545 g/mol. The van der Waals surface area contributed by atoms with Crippen LogP contribution in [0.25, 0.3) is 75.2 Å². The number of nitrogens with zero attached hydrogens (tertiary/aromatic N) is 4. The molecule has 198 valence electrons. The molecule has 0 unspecified atom stereocenters. The molecule has 0 atom stereocenters. The smallest absolute Gasteiger partial charge is 0.0992 e. The van der Waals surface area contributed by atoms with E-state index in [4.69, 9.17) is 0 Å². The summed E-state index contributed by atoms with van der Waals surface area (Å²) in [5.41, 5.74) is 7.92. The Bertz CT molecular complexity index is 2710. The number of fused-ring (bicyclic) bond motifs is 9.